The third-order valence-corrected chi connectivity index (χ3v) is 4.33. The maximum absolute atomic E-state index is 12.7. The zero-order valence-electron chi connectivity index (χ0n) is 17.1. The first-order valence-electron chi connectivity index (χ1n) is 9.72. The van der Waals surface area contributed by atoms with Crippen LogP contribution in [0.15, 0.2) is 66.7 Å². The number of benzene rings is 2. The van der Waals surface area contributed by atoms with Crippen LogP contribution in [0.2, 0.25) is 0 Å². The third kappa shape index (κ3) is 6.76. The molecule has 6 heteroatoms. The molecule has 0 radical (unpaired) electrons. The zero-order valence-corrected chi connectivity index (χ0v) is 17.1. The Morgan fingerprint density at radius 1 is 1.07 bits per heavy atom. The topological polar surface area (TPSA) is 81.7 Å². The van der Waals surface area contributed by atoms with Crippen molar-refractivity contribution < 1.29 is 14.7 Å². The lowest BCUT2D eigenvalue weighted by Crippen LogP contribution is -2.42. The van der Waals surface area contributed by atoms with Gasteiger partial charge in [0, 0.05) is 18.7 Å². The van der Waals surface area contributed by atoms with E-state index in [0.717, 1.165) is 5.69 Å². The molecule has 2 amide bonds. The van der Waals surface area contributed by atoms with Crippen LogP contribution >= 0.6 is 0 Å². The number of para-hydroxylation sites is 2. The monoisotopic (exact) mass is 395 g/mol. The van der Waals surface area contributed by atoms with Gasteiger partial charge in [-0.1, -0.05) is 42.5 Å². The van der Waals surface area contributed by atoms with Gasteiger partial charge in [0.25, 0.3) is 5.91 Å². The summed E-state index contributed by atoms with van der Waals surface area (Å²) in [5.41, 5.74) is 1.94. The average Bonchev–Trinajstić information content (AvgIpc) is 2.71. The van der Waals surface area contributed by atoms with E-state index in [2.05, 4.69) is 10.6 Å². The molecule has 2 aromatic rings. The van der Waals surface area contributed by atoms with Gasteiger partial charge in [0.1, 0.15) is 6.04 Å². The molecule has 0 saturated heterocycles. The molecular formula is C23H29N3O3. The van der Waals surface area contributed by atoms with Gasteiger partial charge in [-0.3, -0.25) is 9.59 Å². The van der Waals surface area contributed by atoms with E-state index in [1.54, 1.807) is 38.1 Å². The molecule has 0 bridgehead atoms. The van der Waals surface area contributed by atoms with Gasteiger partial charge in [-0.15, -0.1) is 0 Å². The third-order valence-electron chi connectivity index (χ3n) is 4.33. The molecule has 6 nitrogen and oxygen atoms in total. The maximum atomic E-state index is 12.7. The summed E-state index contributed by atoms with van der Waals surface area (Å²) in [7, 11) is 0. The Balaban J connectivity index is 2.12. The lowest BCUT2D eigenvalue weighted by atomic mass is 10.2. The fraction of sp³-hybridized carbons (Fsp3) is 0.304. The van der Waals surface area contributed by atoms with Crippen LogP contribution in [-0.4, -0.2) is 42.2 Å². The molecule has 0 aliphatic rings. The summed E-state index contributed by atoms with van der Waals surface area (Å²) >= 11 is 0. The Kier molecular flexibility index (Phi) is 8.43. The second kappa shape index (κ2) is 11.0. The summed E-state index contributed by atoms with van der Waals surface area (Å²) in [5, 5.41) is 15.5. The fourth-order valence-electron chi connectivity index (χ4n) is 2.85. The van der Waals surface area contributed by atoms with Gasteiger partial charge in [-0.05, 0) is 45.0 Å². The largest absolute Gasteiger partial charge is 0.392 e. The van der Waals surface area contributed by atoms with E-state index in [0.29, 0.717) is 24.3 Å². The van der Waals surface area contributed by atoms with Crippen LogP contribution in [0.4, 0.5) is 11.4 Å². The van der Waals surface area contributed by atoms with Crippen LogP contribution in [0.25, 0.3) is 0 Å². The van der Waals surface area contributed by atoms with Crippen LogP contribution in [0, 0.1) is 0 Å². The van der Waals surface area contributed by atoms with E-state index < -0.39 is 12.1 Å². The number of aliphatic hydroxyl groups excluding tert-OH is 1. The highest BCUT2D eigenvalue weighted by Crippen LogP contribution is 2.26. The van der Waals surface area contributed by atoms with Crippen molar-refractivity contribution in [2.75, 3.05) is 23.3 Å². The Bertz CT molecular complexity index is 834. The average molecular weight is 396 g/mol. The van der Waals surface area contributed by atoms with Crippen LogP contribution in [0.3, 0.4) is 0 Å². The molecule has 0 aromatic heterocycles. The van der Waals surface area contributed by atoms with Crippen LogP contribution in [-0.2, 0) is 4.79 Å². The highest BCUT2D eigenvalue weighted by Gasteiger charge is 2.19. The lowest BCUT2D eigenvalue weighted by molar-refractivity contribution is -0.117. The van der Waals surface area contributed by atoms with Gasteiger partial charge in [-0.2, -0.15) is 0 Å². The molecule has 3 N–H and O–H groups in total. The van der Waals surface area contributed by atoms with Gasteiger partial charge < -0.3 is 20.6 Å². The molecule has 2 aromatic carbocycles. The van der Waals surface area contributed by atoms with Crippen molar-refractivity contribution in [2.24, 2.45) is 0 Å². The summed E-state index contributed by atoms with van der Waals surface area (Å²) in [5.74, 6) is -0.616. The minimum Gasteiger partial charge on any atom is -0.392 e. The summed E-state index contributed by atoms with van der Waals surface area (Å²) in [6, 6.07) is 15.5. The molecule has 0 fully saturated rings. The smallest absolute Gasteiger partial charge is 0.251 e. The predicted octanol–water partition coefficient (Wildman–Crippen LogP) is 3.21. The number of allylic oxidation sites excluding steroid dienone is 1. The Morgan fingerprint density at radius 2 is 1.72 bits per heavy atom. The zero-order chi connectivity index (χ0) is 21.2. The van der Waals surface area contributed by atoms with E-state index in [1.807, 2.05) is 54.3 Å². The molecule has 2 unspecified atom stereocenters. The predicted molar refractivity (Wildman–Crippen MR) is 117 cm³/mol. The van der Waals surface area contributed by atoms with E-state index in [-0.39, 0.29) is 11.8 Å². The van der Waals surface area contributed by atoms with Crippen LogP contribution in [0.5, 0.6) is 0 Å². The normalized spacial score (nSPS) is 13.0. The molecule has 0 heterocycles. The van der Waals surface area contributed by atoms with Crippen molar-refractivity contribution in [3.63, 3.8) is 0 Å². The molecule has 2 atom stereocenters. The molecule has 0 aliphatic heterocycles. The minimum atomic E-state index is -0.712. The van der Waals surface area contributed by atoms with E-state index in [9.17, 15) is 14.7 Å². The Labute approximate surface area is 172 Å². The van der Waals surface area contributed by atoms with Gasteiger partial charge in [0.2, 0.25) is 5.91 Å². The number of rotatable bonds is 9. The molecule has 0 spiro atoms. The Morgan fingerprint density at radius 3 is 2.38 bits per heavy atom. The van der Waals surface area contributed by atoms with Gasteiger partial charge in [-0.25, -0.2) is 0 Å². The lowest BCUT2D eigenvalue weighted by Gasteiger charge is -2.27. The first-order valence-corrected chi connectivity index (χ1v) is 9.72. The number of aliphatic hydroxyl groups is 1. The van der Waals surface area contributed by atoms with Gasteiger partial charge in [0.05, 0.1) is 17.5 Å². The Hall–Kier alpha value is -3.12. The molecule has 154 valence electrons. The summed E-state index contributed by atoms with van der Waals surface area (Å²) in [6.07, 6.45) is 3.41. The maximum Gasteiger partial charge on any atom is 0.251 e. The first kappa shape index (κ1) is 22.2. The highest BCUT2D eigenvalue weighted by molar-refractivity contribution is 6.02. The number of carbonyl (C=O) groups is 2. The number of carbonyl (C=O) groups excluding carboxylic acids is 2. The molecular weight excluding hydrogens is 366 g/mol. The van der Waals surface area contributed by atoms with Crippen molar-refractivity contribution in [3.05, 3.63) is 72.3 Å². The van der Waals surface area contributed by atoms with Crippen molar-refractivity contribution >= 4 is 23.2 Å². The number of hydrogen-bond donors (Lipinski definition) is 3. The van der Waals surface area contributed by atoms with Crippen molar-refractivity contribution in [3.8, 4) is 0 Å². The second-order valence-corrected chi connectivity index (χ2v) is 6.89. The van der Waals surface area contributed by atoms with Gasteiger partial charge >= 0.3 is 0 Å². The number of amides is 2. The first-order chi connectivity index (χ1) is 13.9. The number of nitrogens with zero attached hydrogens (tertiary/aromatic N) is 1. The molecule has 2 rings (SSSR count). The number of hydrogen-bond acceptors (Lipinski definition) is 4. The SMILES string of the molecule is C/C=C\CN(CC(C)O)c1ccccc1NC(=O)C(C)NC(=O)c1ccccc1. The fourth-order valence-corrected chi connectivity index (χ4v) is 2.85. The number of anilines is 2. The second-order valence-electron chi connectivity index (χ2n) is 6.89. The summed E-state index contributed by atoms with van der Waals surface area (Å²) < 4.78 is 0. The van der Waals surface area contributed by atoms with Crippen molar-refractivity contribution in [2.45, 2.75) is 32.9 Å². The number of nitrogens with one attached hydrogen (secondary N) is 2. The molecule has 0 aliphatic carbocycles. The van der Waals surface area contributed by atoms with E-state index >= 15 is 0 Å². The van der Waals surface area contributed by atoms with Crippen molar-refractivity contribution in [1.29, 1.82) is 0 Å². The van der Waals surface area contributed by atoms with E-state index in [1.165, 1.54) is 0 Å². The molecule has 0 saturated carbocycles. The van der Waals surface area contributed by atoms with Crippen LogP contribution in [0.1, 0.15) is 31.1 Å². The highest BCUT2D eigenvalue weighted by atomic mass is 16.3. The standard InChI is InChI=1S/C23H29N3O3/c1-4-5-15-26(16-17(2)27)21-14-10-9-13-20(21)25-22(28)18(3)24-23(29)19-11-7-6-8-12-19/h4-14,17-18,27H,15-16H2,1-3H3,(H,24,29)(H,25,28)/b5-4-. The minimum absolute atomic E-state index is 0.301. The van der Waals surface area contributed by atoms with E-state index in [4.69, 9.17) is 0 Å². The molecule has 29 heavy (non-hydrogen) atoms. The van der Waals surface area contributed by atoms with Crippen LogP contribution < -0.4 is 15.5 Å². The summed E-state index contributed by atoms with van der Waals surface area (Å²) in [6.45, 7) is 6.34. The quantitative estimate of drug-likeness (QED) is 0.570. The summed E-state index contributed by atoms with van der Waals surface area (Å²) in [4.78, 5) is 27.0. The van der Waals surface area contributed by atoms with Crippen molar-refractivity contribution in [1.82, 2.24) is 5.32 Å². The van der Waals surface area contributed by atoms with Gasteiger partial charge in [0.15, 0.2) is 0 Å².